The molecule has 1 aromatic carbocycles. The number of nitrogens with two attached hydrogens (primary N) is 1. The number of nitrogens with zero attached hydrogens (tertiary/aromatic N) is 1. The Bertz CT molecular complexity index is 360. The Balaban J connectivity index is 3.10. The molecular weight excluding hydrogens is 236 g/mol. The first-order valence-electron chi connectivity index (χ1n) is 7.28. The van der Waals surface area contributed by atoms with E-state index in [1.807, 2.05) is 12.1 Å². The van der Waals surface area contributed by atoms with E-state index in [0.717, 1.165) is 31.7 Å². The van der Waals surface area contributed by atoms with E-state index in [4.69, 9.17) is 10.5 Å². The van der Waals surface area contributed by atoms with Gasteiger partial charge in [0.15, 0.2) is 0 Å². The molecule has 0 fully saturated rings. The van der Waals surface area contributed by atoms with E-state index in [1.54, 1.807) is 7.11 Å². The minimum atomic E-state index is 0.0781. The quantitative estimate of drug-likeness (QED) is 0.783. The van der Waals surface area contributed by atoms with Crippen molar-refractivity contribution in [3.05, 3.63) is 29.8 Å². The topological polar surface area (TPSA) is 38.5 Å². The zero-order valence-electron chi connectivity index (χ0n) is 12.7. The maximum absolute atomic E-state index is 6.26. The second kappa shape index (κ2) is 8.18. The molecule has 0 amide bonds. The Kier molecular flexibility index (Phi) is 6.89. The third kappa shape index (κ3) is 4.22. The predicted molar refractivity (Wildman–Crippen MR) is 81.5 cm³/mol. The fourth-order valence-electron chi connectivity index (χ4n) is 2.69. The third-order valence-electron chi connectivity index (χ3n) is 3.37. The highest BCUT2D eigenvalue weighted by Gasteiger charge is 2.25. The van der Waals surface area contributed by atoms with Crippen LogP contribution in [0, 0.1) is 0 Å². The monoisotopic (exact) mass is 264 g/mol. The van der Waals surface area contributed by atoms with Gasteiger partial charge in [-0.05, 0) is 38.9 Å². The van der Waals surface area contributed by atoms with Gasteiger partial charge in [0.2, 0.25) is 0 Å². The molecule has 0 saturated heterocycles. The molecule has 3 nitrogen and oxygen atoms in total. The highest BCUT2D eigenvalue weighted by atomic mass is 16.5. The van der Waals surface area contributed by atoms with Crippen molar-refractivity contribution in [2.45, 2.75) is 45.7 Å². The summed E-state index contributed by atoms with van der Waals surface area (Å²) in [6, 6.07) is 8.50. The number of benzene rings is 1. The molecule has 3 heteroatoms. The normalized spacial score (nSPS) is 14.4. The summed E-state index contributed by atoms with van der Waals surface area (Å²) in [5.74, 6) is 0.932. The zero-order chi connectivity index (χ0) is 14.3. The maximum atomic E-state index is 6.26. The standard InChI is InChI=1S/C16H28N2O/c1-5-11-18(12-6-2)16(13(3)17)14-9-7-8-10-15(14)19-4/h7-10,13,16H,5-6,11-12,17H2,1-4H3. The van der Waals surface area contributed by atoms with Crippen LogP contribution < -0.4 is 10.5 Å². The van der Waals surface area contributed by atoms with Crippen molar-refractivity contribution >= 4 is 0 Å². The van der Waals surface area contributed by atoms with E-state index in [0.29, 0.717) is 0 Å². The van der Waals surface area contributed by atoms with Crippen molar-refractivity contribution in [2.24, 2.45) is 5.73 Å². The highest BCUT2D eigenvalue weighted by molar-refractivity contribution is 5.36. The van der Waals surface area contributed by atoms with Crippen LogP contribution in [0.5, 0.6) is 5.75 Å². The summed E-state index contributed by atoms with van der Waals surface area (Å²) in [7, 11) is 1.72. The Morgan fingerprint density at radius 1 is 1.16 bits per heavy atom. The van der Waals surface area contributed by atoms with Gasteiger partial charge in [-0.15, -0.1) is 0 Å². The molecule has 1 aromatic rings. The van der Waals surface area contributed by atoms with E-state index in [9.17, 15) is 0 Å². The predicted octanol–water partition coefficient (Wildman–Crippen LogP) is 3.21. The zero-order valence-corrected chi connectivity index (χ0v) is 12.7. The first-order valence-corrected chi connectivity index (χ1v) is 7.28. The summed E-state index contributed by atoms with van der Waals surface area (Å²) < 4.78 is 5.50. The first-order chi connectivity index (χ1) is 9.15. The summed E-state index contributed by atoms with van der Waals surface area (Å²) in [6.07, 6.45) is 2.27. The second-order valence-corrected chi connectivity index (χ2v) is 5.08. The van der Waals surface area contributed by atoms with E-state index in [2.05, 4.69) is 37.8 Å². The van der Waals surface area contributed by atoms with E-state index < -0.39 is 0 Å². The van der Waals surface area contributed by atoms with Gasteiger partial charge < -0.3 is 10.5 Å². The van der Waals surface area contributed by atoms with Crippen molar-refractivity contribution in [3.63, 3.8) is 0 Å². The van der Waals surface area contributed by atoms with Crippen LogP contribution >= 0.6 is 0 Å². The van der Waals surface area contributed by atoms with E-state index in [1.165, 1.54) is 5.56 Å². The van der Waals surface area contributed by atoms with Gasteiger partial charge in [0.25, 0.3) is 0 Å². The molecule has 1 rings (SSSR count). The van der Waals surface area contributed by atoms with E-state index in [-0.39, 0.29) is 12.1 Å². The van der Waals surface area contributed by atoms with Crippen LogP contribution in [0.1, 0.15) is 45.2 Å². The molecule has 0 aromatic heterocycles. The molecule has 108 valence electrons. The fourth-order valence-corrected chi connectivity index (χ4v) is 2.69. The summed E-state index contributed by atoms with van der Waals surface area (Å²) in [4.78, 5) is 2.47. The molecule has 2 atom stereocenters. The number of methoxy groups -OCH3 is 1. The van der Waals surface area contributed by atoms with Crippen molar-refractivity contribution < 1.29 is 4.74 Å². The second-order valence-electron chi connectivity index (χ2n) is 5.08. The van der Waals surface area contributed by atoms with Gasteiger partial charge in [0, 0.05) is 11.6 Å². The Labute approximate surface area is 117 Å². The van der Waals surface area contributed by atoms with Crippen LogP contribution in [0.25, 0.3) is 0 Å². The van der Waals surface area contributed by atoms with Crippen LogP contribution in [0.4, 0.5) is 0 Å². The maximum Gasteiger partial charge on any atom is 0.123 e. The lowest BCUT2D eigenvalue weighted by Gasteiger charge is -2.35. The minimum absolute atomic E-state index is 0.0781. The van der Waals surface area contributed by atoms with Crippen LogP contribution in [0.15, 0.2) is 24.3 Å². The average Bonchev–Trinajstić information content (AvgIpc) is 2.39. The van der Waals surface area contributed by atoms with Gasteiger partial charge >= 0.3 is 0 Å². The lowest BCUT2D eigenvalue weighted by molar-refractivity contribution is 0.173. The summed E-state index contributed by atoms with van der Waals surface area (Å²) in [5, 5.41) is 0. The van der Waals surface area contributed by atoms with Gasteiger partial charge in [0.1, 0.15) is 5.75 Å². The first kappa shape index (κ1) is 16.0. The molecule has 0 radical (unpaired) electrons. The van der Waals surface area contributed by atoms with Gasteiger partial charge in [-0.25, -0.2) is 0 Å². The molecule has 0 bridgehead atoms. The van der Waals surface area contributed by atoms with Crippen LogP contribution in [0.2, 0.25) is 0 Å². The molecule has 0 aliphatic heterocycles. The molecule has 19 heavy (non-hydrogen) atoms. The SMILES string of the molecule is CCCN(CCC)C(c1ccccc1OC)C(C)N. The number of hydrogen-bond donors (Lipinski definition) is 1. The smallest absolute Gasteiger partial charge is 0.123 e. The van der Waals surface area contributed by atoms with Crippen molar-refractivity contribution in [2.75, 3.05) is 20.2 Å². The minimum Gasteiger partial charge on any atom is -0.496 e. The summed E-state index contributed by atoms with van der Waals surface area (Å²) in [6.45, 7) is 8.64. The van der Waals surface area contributed by atoms with E-state index >= 15 is 0 Å². The third-order valence-corrected chi connectivity index (χ3v) is 3.37. The lowest BCUT2D eigenvalue weighted by atomic mass is 9.97. The van der Waals surface area contributed by atoms with Gasteiger partial charge in [0.05, 0.1) is 13.2 Å². The molecule has 0 spiro atoms. The van der Waals surface area contributed by atoms with Gasteiger partial charge in [-0.2, -0.15) is 0 Å². The Hall–Kier alpha value is -1.06. The summed E-state index contributed by atoms with van der Waals surface area (Å²) in [5.41, 5.74) is 7.45. The van der Waals surface area contributed by atoms with Crippen LogP contribution in [-0.2, 0) is 0 Å². The molecular formula is C16H28N2O. The Morgan fingerprint density at radius 2 is 1.74 bits per heavy atom. The number of ether oxygens (including phenoxy) is 1. The van der Waals surface area contributed by atoms with Crippen LogP contribution in [-0.4, -0.2) is 31.1 Å². The van der Waals surface area contributed by atoms with Gasteiger partial charge in [-0.3, -0.25) is 4.90 Å². The number of para-hydroxylation sites is 1. The summed E-state index contributed by atoms with van der Waals surface area (Å²) >= 11 is 0. The molecule has 0 saturated carbocycles. The Morgan fingerprint density at radius 3 is 2.21 bits per heavy atom. The molecule has 2 unspecified atom stereocenters. The number of rotatable bonds is 8. The molecule has 0 aliphatic carbocycles. The van der Waals surface area contributed by atoms with Crippen molar-refractivity contribution in [1.29, 1.82) is 0 Å². The number of hydrogen-bond acceptors (Lipinski definition) is 3. The van der Waals surface area contributed by atoms with Crippen molar-refractivity contribution in [3.8, 4) is 5.75 Å². The molecule has 2 N–H and O–H groups in total. The van der Waals surface area contributed by atoms with Crippen LogP contribution in [0.3, 0.4) is 0 Å². The lowest BCUT2D eigenvalue weighted by Crippen LogP contribution is -2.40. The largest absolute Gasteiger partial charge is 0.496 e. The highest BCUT2D eigenvalue weighted by Crippen LogP contribution is 2.31. The molecule has 0 heterocycles. The fraction of sp³-hybridized carbons (Fsp3) is 0.625. The average molecular weight is 264 g/mol. The van der Waals surface area contributed by atoms with Gasteiger partial charge in [-0.1, -0.05) is 32.0 Å². The molecule has 0 aliphatic rings. The van der Waals surface area contributed by atoms with Crippen molar-refractivity contribution in [1.82, 2.24) is 4.90 Å².